The van der Waals surface area contributed by atoms with Crippen molar-refractivity contribution in [2.24, 2.45) is 0 Å². The van der Waals surface area contributed by atoms with Gasteiger partial charge in [-0.25, -0.2) is 9.59 Å². The molecule has 30 heavy (non-hydrogen) atoms. The van der Waals surface area contributed by atoms with Crippen LogP contribution in [0.5, 0.6) is 0 Å². The standard InChI is InChI=1S/C20H24N2.C4H4O4/c1-21(2)12-7-13-22-19-10-5-3-8-15(19)17-14-18(17)16-9-4-6-11-20(16)22;5-3(6)1-2-4(7)8/h3-6,8-11,17-18H,7,12-14H2,1-2H3;1-2H,(H,5,6)(H,7,8)/b;2-1-. The molecule has 1 aliphatic carbocycles. The van der Waals surface area contributed by atoms with Gasteiger partial charge in [0, 0.05) is 30.1 Å². The lowest BCUT2D eigenvalue weighted by Gasteiger charge is -2.28. The number of rotatable bonds is 6. The molecular formula is C24H28N2O4. The minimum absolute atomic E-state index is 0.558. The summed E-state index contributed by atoms with van der Waals surface area (Å²) in [6, 6.07) is 18.1. The van der Waals surface area contributed by atoms with E-state index in [2.05, 4.69) is 72.4 Å². The van der Waals surface area contributed by atoms with Gasteiger partial charge < -0.3 is 20.0 Å². The Morgan fingerprint density at radius 2 is 1.40 bits per heavy atom. The zero-order chi connectivity index (χ0) is 21.7. The van der Waals surface area contributed by atoms with E-state index in [1.807, 2.05) is 0 Å². The van der Waals surface area contributed by atoms with Crippen LogP contribution in [0.4, 0.5) is 11.4 Å². The van der Waals surface area contributed by atoms with Crippen molar-refractivity contribution >= 4 is 23.3 Å². The number of fused-ring (bicyclic) bond motifs is 5. The van der Waals surface area contributed by atoms with Gasteiger partial charge in [0.25, 0.3) is 0 Å². The van der Waals surface area contributed by atoms with Crippen molar-refractivity contribution in [1.82, 2.24) is 4.90 Å². The topological polar surface area (TPSA) is 81.1 Å². The number of nitrogens with zero attached hydrogens (tertiary/aromatic N) is 2. The number of carboxylic acids is 2. The second kappa shape index (κ2) is 9.59. The lowest BCUT2D eigenvalue weighted by molar-refractivity contribution is -0.134. The van der Waals surface area contributed by atoms with E-state index in [0.29, 0.717) is 12.2 Å². The highest BCUT2D eigenvalue weighted by atomic mass is 16.4. The summed E-state index contributed by atoms with van der Waals surface area (Å²) in [6.45, 7) is 2.22. The van der Waals surface area contributed by atoms with Crippen LogP contribution in [-0.2, 0) is 9.59 Å². The van der Waals surface area contributed by atoms with Gasteiger partial charge in [0.15, 0.2) is 0 Å². The molecule has 1 aliphatic heterocycles. The predicted molar refractivity (Wildman–Crippen MR) is 118 cm³/mol. The summed E-state index contributed by atoms with van der Waals surface area (Å²) in [5, 5.41) is 15.6. The van der Waals surface area contributed by atoms with Crippen LogP contribution in [0.1, 0.15) is 35.8 Å². The molecular weight excluding hydrogens is 380 g/mol. The summed E-state index contributed by atoms with van der Waals surface area (Å²) >= 11 is 0. The second-order valence-corrected chi connectivity index (χ2v) is 7.88. The molecule has 0 aromatic heterocycles. The second-order valence-electron chi connectivity index (χ2n) is 7.88. The van der Waals surface area contributed by atoms with Crippen molar-refractivity contribution in [1.29, 1.82) is 0 Å². The Hall–Kier alpha value is -3.12. The molecule has 4 rings (SSSR count). The molecule has 2 atom stereocenters. The molecule has 2 unspecified atom stereocenters. The summed E-state index contributed by atoms with van der Waals surface area (Å²) in [4.78, 5) is 23.9. The van der Waals surface area contributed by atoms with Gasteiger partial charge in [-0.15, -0.1) is 0 Å². The van der Waals surface area contributed by atoms with Crippen LogP contribution < -0.4 is 4.90 Å². The molecule has 0 amide bonds. The van der Waals surface area contributed by atoms with E-state index in [-0.39, 0.29) is 0 Å². The van der Waals surface area contributed by atoms with Crippen LogP contribution in [0.25, 0.3) is 0 Å². The van der Waals surface area contributed by atoms with E-state index in [0.717, 1.165) is 24.9 Å². The van der Waals surface area contributed by atoms with Gasteiger partial charge >= 0.3 is 11.9 Å². The van der Waals surface area contributed by atoms with Gasteiger partial charge in [-0.2, -0.15) is 0 Å². The molecule has 6 nitrogen and oxygen atoms in total. The van der Waals surface area contributed by atoms with E-state index in [4.69, 9.17) is 10.2 Å². The third-order valence-corrected chi connectivity index (χ3v) is 5.40. The van der Waals surface area contributed by atoms with Gasteiger partial charge in [0.1, 0.15) is 0 Å². The summed E-state index contributed by atoms with van der Waals surface area (Å²) in [5.74, 6) is -1.05. The highest BCUT2D eigenvalue weighted by Gasteiger charge is 2.44. The maximum absolute atomic E-state index is 9.55. The number of hydrogen-bond donors (Lipinski definition) is 2. The first-order chi connectivity index (χ1) is 14.4. The molecule has 0 bridgehead atoms. The van der Waals surface area contributed by atoms with E-state index < -0.39 is 11.9 Å². The van der Waals surface area contributed by atoms with Crippen molar-refractivity contribution in [3.63, 3.8) is 0 Å². The molecule has 2 aliphatic rings. The number of para-hydroxylation sites is 2. The maximum Gasteiger partial charge on any atom is 0.328 e. The molecule has 1 fully saturated rings. The molecule has 2 N–H and O–H groups in total. The zero-order valence-electron chi connectivity index (χ0n) is 17.4. The predicted octanol–water partition coefficient (Wildman–Crippen LogP) is 4.07. The van der Waals surface area contributed by atoms with E-state index >= 15 is 0 Å². The van der Waals surface area contributed by atoms with E-state index in [9.17, 15) is 9.59 Å². The van der Waals surface area contributed by atoms with Crippen LogP contribution in [0.2, 0.25) is 0 Å². The highest BCUT2D eigenvalue weighted by Crippen LogP contribution is 2.61. The Morgan fingerprint density at radius 3 is 1.83 bits per heavy atom. The molecule has 1 saturated carbocycles. The Labute approximate surface area is 177 Å². The first-order valence-corrected chi connectivity index (χ1v) is 10.1. The third kappa shape index (κ3) is 5.27. The Balaban J connectivity index is 0.000000275. The summed E-state index contributed by atoms with van der Waals surface area (Å²) in [6.07, 6.45) is 3.62. The van der Waals surface area contributed by atoms with Crippen LogP contribution in [0, 0.1) is 0 Å². The van der Waals surface area contributed by atoms with Crippen molar-refractivity contribution in [2.75, 3.05) is 32.1 Å². The molecule has 1 heterocycles. The highest BCUT2D eigenvalue weighted by molar-refractivity contribution is 5.89. The van der Waals surface area contributed by atoms with Crippen LogP contribution >= 0.6 is 0 Å². The van der Waals surface area contributed by atoms with Crippen molar-refractivity contribution in [3.8, 4) is 0 Å². The van der Waals surface area contributed by atoms with Gasteiger partial charge in [0.05, 0.1) is 0 Å². The van der Waals surface area contributed by atoms with Crippen LogP contribution in [0.3, 0.4) is 0 Å². The zero-order valence-corrected chi connectivity index (χ0v) is 17.4. The van der Waals surface area contributed by atoms with Gasteiger partial charge in [-0.05, 0) is 68.6 Å². The molecule has 6 heteroatoms. The number of hydrogen-bond acceptors (Lipinski definition) is 4. The normalized spacial score (nSPS) is 18.6. The number of anilines is 2. The molecule has 0 saturated heterocycles. The monoisotopic (exact) mass is 408 g/mol. The Morgan fingerprint density at radius 1 is 0.933 bits per heavy atom. The number of carboxylic acid groups (broad SMARTS) is 2. The lowest BCUT2D eigenvalue weighted by atomic mass is 10.0. The smallest absolute Gasteiger partial charge is 0.328 e. The average Bonchev–Trinajstić information content (AvgIpc) is 3.51. The Kier molecular flexibility index (Phi) is 6.90. The summed E-state index contributed by atoms with van der Waals surface area (Å²) in [7, 11) is 4.30. The van der Waals surface area contributed by atoms with E-state index in [1.165, 1.54) is 24.2 Å². The first-order valence-electron chi connectivity index (χ1n) is 10.1. The average molecular weight is 408 g/mol. The van der Waals surface area contributed by atoms with Crippen molar-refractivity contribution in [2.45, 2.75) is 24.7 Å². The third-order valence-electron chi connectivity index (χ3n) is 5.40. The number of aliphatic carboxylic acids is 2. The van der Waals surface area contributed by atoms with Gasteiger partial charge in [-0.1, -0.05) is 36.4 Å². The van der Waals surface area contributed by atoms with E-state index in [1.54, 1.807) is 11.1 Å². The maximum atomic E-state index is 9.55. The number of benzene rings is 2. The molecule has 2 aromatic rings. The summed E-state index contributed by atoms with van der Waals surface area (Å²) < 4.78 is 0. The molecule has 158 valence electrons. The number of carbonyl (C=O) groups is 2. The quantitative estimate of drug-likeness (QED) is 0.701. The summed E-state index contributed by atoms with van der Waals surface area (Å²) in [5.41, 5.74) is 5.96. The van der Waals surface area contributed by atoms with Gasteiger partial charge in [0.2, 0.25) is 0 Å². The fourth-order valence-corrected chi connectivity index (χ4v) is 4.03. The minimum atomic E-state index is -1.26. The van der Waals surface area contributed by atoms with Crippen LogP contribution in [-0.4, -0.2) is 54.2 Å². The van der Waals surface area contributed by atoms with Gasteiger partial charge in [-0.3, -0.25) is 0 Å². The van der Waals surface area contributed by atoms with Crippen molar-refractivity contribution in [3.05, 3.63) is 71.8 Å². The first kappa shape index (κ1) is 21.6. The van der Waals surface area contributed by atoms with Crippen molar-refractivity contribution < 1.29 is 19.8 Å². The molecule has 0 spiro atoms. The fourth-order valence-electron chi connectivity index (χ4n) is 4.03. The SMILES string of the molecule is CN(C)CCCN1c2ccccc2C2CC2c2ccccc21.O=C(O)/C=C\C(=O)O. The molecule has 0 radical (unpaired) electrons. The Bertz CT molecular complexity index is 871. The fraction of sp³-hybridized carbons (Fsp3) is 0.333. The molecule has 2 aromatic carbocycles. The minimum Gasteiger partial charge on any atom is -0.478 e. The van der Waals surface area contributed by atoms with Crippen LogP contribution in [0.15, 0.2) is 60.7 Å². The lowest BCUT2D eigenvalue weighted by Crippen LogP contribution is -2.24. The largest absolute Gasteiger partial charge is 0.478 e.